The Labute approximate surface area is 206 Å². The van der Waals surface area contributed by atoms with E-state index in [-0.39, 0.29) is 32.0 Å². The molecule has 0 radical (unpaired) electrons. The lowest BCUT2D eigenvalue weighted by molar-refractivity contribution is -0.149. The van der Waals surface area contributed by atoms with Crippen molar-refractivity contribution in [3.8, 4) is 11.4 Å². The highest BCUT2D eigenvalue weighted by Gasteiger charge is 2.37. The highest BCUT2D eigenvalue weighted by atomic mass is 16.6. The molecule has 3 rings (SSSR count). The van der Waals surface area contributed by atoms with Crippen LogP contribution in [0.5, 0.6) is 5.75 Å². The first-order chi connectivity index (χ1) is 17.0. The molecule has 1 aromatic carbocycles. The Morgan fingerprint density at radius 1 is 1.08 bits per heavy atom. The molecule has 1 fully saturated rings. The van der Waals surface area contributed by atoms with Crippen LogP contribution in [0.3, 0.4) is 0 Å². The lowest BCUT2D eigenvalue weighted by Gasteiger charge is -2.37. The molecule has 13 nitrogen and oxygen atoms in total. The molecule has 4 amide bonds. The summed E-state index contributed by atoms with van der Waals surface area (Å²) in [5.74, 6) is 0.147. The predicted molar refractivity (Wildman–Crippen MR) is 128 cm³/mol. The summed E-state index contributed by atoms with van der Waals surface area (Å²) in [7, 11) is 0. The molecule has 0 aliphatic carbocycles. The van der Waals surface area contributed by atoms with Crippen LogP contribution in [-0.4, -0.2) is 81.6 Å². The molecule has 1 aromatic heterocycles. The van der Waals surface area contributed by atoms with Gasteiger partial charge in [0.05, 0.1) is 5.69 Å². The fourth-order valence-electron chi connectivity index (χ4n) is 3.57. The Morgan fingerprint density at radius 2 is 1.69 bits per heavy atom. The molecule has 192 valence electrons. The number of benzene rings is 1. The van der Waals surface area contributed by atoms with Crippen LogP contribution >= 0.6 is 0 Å². The highest BCUT2D eigenvalue weighted by Crippen LogP contribution is 2.17. The standard InChI is InChI=1S/C23H28N6O7/c1-15(14-30)35-17-6-4-16(5-7-17)29-9-8-18(26-22(29)34)25-21(33)28-12-10-27(11-13-28)19(31)23(2,3)36-20(24)32/h4-9,14-15H,10-13H2,1-3H3,(H2,24,32)(H,25,26,33,34). The van der Waals surface area contributed by atoms with Gasteiger partial charge in [-0.2, -0.15) is 4.98 Å². The minimum Gasteiger partial charge on any atom is -0.483 e. The lowest BCUT2D eigenvalue weighted by Crippen LogP contribution is -2.56. The van der Waals surface area contributed by atoms with Crippen LogP contribution < -0.4 is 21.5 Å². The van der Waals surface area contributed by atoms with E-state index in [1.54, 1.807) is 31.2 Å². The number of primary amides is 1. The molecular formula is C23H28N6O7. The van der Waals surface area contributed by atoms with E-state index in [0.29, 0.717) is 17.7 Å². The maximum atomic E-state index is 12.6. The molecule has 1 aliphatic heterocycles. The smallest absolute Gasteiger partial charge is 0.405 e. The van der Waals surface area contributed by atoms with E-state index in [9.17, 15) is 24.0 Å². The molecule has 1 aliphatic rings. The summed E-state index contributed by atoms with van der Waals surface area (Å²) in [4.78, 5) is 66.4. The van der Waals surface area contributed by atoms with Crippen LogP contribution in [0.15, 0.2) is 41.3 Å². The maximum absolute atomic E-state index is 12.6. The highest BCUT2D eigenvalue weighted by molar-refractivity contribution is 5.89. The SMILES string of the molecule is CC(C=O)Oc1ccc(-n2ccc(NC(=O)N3CCN(C(=O)C(C)(C)OC(N)=O)CC3)nc2=O)cc1. The Kier molecular flexibility index (Phi) is 7.92. The monoisotopic (exact) mass is 500 g/mol. The molecule has 36 heavy (non-hydrogen) atoms. The first-order valence-corrected chi connectivity index (χ1v) is 11.2. The normalized spacial score (nSPS) is 14.5. The Balaban J connectivity index is 1.58. The third-order valence-corrected chi connectivity index (χ3v) is 5.39. The quantitative estimate of drug-likeness (QED) is 0.525. The molecule has 0 bridgehead atoms. The van der Waals surface area contributed by atoms with Crippen molar-refractivity contribution < 1.29 is 28.7 Å². The van der Waals surface area contributed by atoms with Gasteiger partial charge in [0, 0.05) is 32.4 Å². The van der Waals surface area contributed by atoms with E-state index in [1.807, 2.05) is 0 Å². The van der Waals surface area contributed by atoms with Gasteiger partial charge in [-0.3, -0.25) is 19.5 Å². The number of anilines is 1. The number of ether oxygens (including phenoxy) is 2. The number of carbonyl (C=O) groups is 4. The molecule has 0 saturated carbocycles. The van der Waals surface area contributed by atoms with Gasteiger partial charge in [-0.25, -0.2) is 14.4 Å². The first-order valence-electron chi connectivity index (χ1n) is 11.2. The van der Waals surface area contributed by atoms with Gasteiger partial charge in [0.2, 0.25) is 0 Å². The third kappa shape index (κ3) is 6.37. The average Bonchev–Trinajstić information content (AvgIpc) is 2.83. The first kappa shape index (κ1) is 26.2. The molecule has 2 heterocycles. The number of urea groups is 1. The Bertz CT molecular complexity index is 1190. The molecule has 13 heteroatoms. The van der Waals surface area contributed by atoms with Crippen molar-refractivity contribution >= 4 is 30.1 Å². The second-order valence-corrected chi connectivity index (χ2v) is 8.56. The van der Waals surface area contributed by atoms with Crippen molar-refractivity contribution in [2.75, 3.05) is 31.5 Å². The van der Waals surface area contributed by atoms with Crippen molar-refractivity contribution in [2.24, 2.45) is 5.73 Å². The van der Waals surface area contributed by atoms with E-state index in [1.165, 1.54) is 40.5 Å². The molecule has 1 saturated heterocycles. The van der Waals surface area contributed by atoms with Gasteiger partial charge >= 0.3 is 17.8 Å². The van der Waals surface area contributed by atoms with E-state index in [0.717, 1.165) is 0 Å². The topological polar surface area (TPSA) is 166 Å². The van der Waals surface area contributed by atoms with Gasteiger partial charge in [0.25, 0.3) is 5.91 Å². The molecule has 0 spiro atoms. The number of piperazine rings is 1. The Hall–Kier alpha value is -4.42. The number of nitrogens with zero attached hydrogens (tertiary/aromatic N) is 4. The molecule has 2 aromatic rings. The van der Waals surface area contributed by atoms with Gasteiger partial charge in [-0.05, 0) is 51.1 Å². The fourth-order valence-corrected chi connectivity index (χ4v) is 3.57. The van der Waals surface area contributed by atoms with Gasteiger partial charge in [0.1, 0.15) is 11.6 Å². The van der Waals surface area contributed by atoms with Gasteiger partial charge < -0.3 is 25.0 Å². The predicted octanol–water partition coefficient (Wildman–Crippen LogP) is 0.749. The van der Waals surface area contributed by atoms with Crippen LogP contribution in [0.25, 0.3) is 5.69 Å². The number of nitrogens with two attached hydrogens (primary N) is 1. The molecule has 1 unspecified atom stereocenters. The number of aldehydes is 1. The largest absolute Gasteiger partial charge is 0.483 e. The summed E-state index contributed by atoms with van der Waals surface area (Å²) < 4.78 is 11.6. The van der Waals surface area contributed by atoms with Gasteiger partial charge in [0.15, 0.2) is 18.0 Å². The van der Waals surface area contributed by atoms with Gasteiger partial charge in [-0.15, -0.1) is 0 Å². The second-order valence-electron chi connectivity index (χ2n) is 8.56. The van der Waals surface area contributed by atoms with Crippen LogP contribution in [0.1, 0.15) is 20.8 Å². The summed E-state index contributed by atoms with van der Waals surface area (Å²) >= 11 is 0. The van der Waals surface area contributed by atoms with Crippen LogP contribution in [0.2, 0.25) is 0 Å². The summed E-state index contributed by atoms with van der Waals surface area (Å²) in [6.07, 6.45) is 0.522. The van der Waals surface area contributed by atoms with Gasteiger partial charge in [-0.1, -0.05) is 0 Å². The zero-order valence-electron chi connectivity index (χ0n) is 20.2. The number of nitrogens with one attached hydrogen (secondary N) is 1. The zero-order valence-corrected chi connectivity index (χ0v) is 20.2. The van der Waals surface area contributed by atoms with E-state index in [4.69, 9.17) is 15.2 Å². The van der Waals surface area contributed by atoms with Crippen molar-refractivity contribution in [3.05, 3.63) is 47.0 Å². The number of aromatic nitrogens is 2. The minimum atomic E-state index is -1.41. The lowest BCUT2D eigenvalue weighted by atomic mass is 10.1. The third-order valence-electron chi connectivity index (χ3n) is 5.39. The van der Waals surface area contributed by atoms with E-state index >= 15 is 0 Å². The second kappa shape index (κ2) is 10.9. The molecular weight excluding hydrogens is 472 g/mol. The average molecular weight is 501 g/mol. The number of carbonyl (C=O) groups excluding carboxylic acids is 4. The summed E-state index contributed by atoms with van der Waals surface area (Å²) in [5, 5.41) is 2.59. The molecule has 3 N–H and O–H groups in total. The number of hydrogen-bond donors (Lipinski definition) is 2. The fraction of sp³-hybridized carbons (Fsp3) is 0.391. The summed E-state index contributed by atoms with van der Waals surface area (Å²) in [6.45, 7) is 5.45. The van der Waals surface area contributed by atoms with Crippen LogP contribution in [0.4, 0.5) is 15.4 Å². The van der Waals surface area contributed by atoms with Crippen molar-refractivity contribution in [2.45, 2.75) is 32.5 Å². The zero-order chi connectivity index (χ0) is 26.5. The minimum absolute atomic E-state index is 0.0792. The van der Waals surface area contributed by atoms with Crippen molar-refractivity contribution in [3.63, 3.8) is 0 Å². The Morgan fingerprint density at radius 3 is 2.25 bits per heavy atom. The van der Waals surface area contributed by atoms with E-state index in [2.05, 4.69) is 10.3 Å². The van der Waals surface area contributed by atoms with Crippen LogP contribution in [-0.2, 0) is 14.3 Å². The maximum Gasteiger partial charge on any atom is 0.405 e. The number of rotatable bonds is 7. The number of hydrogen-bond acceptors (Lipinski definition) is 8. The summed E-state index contributed by atoms with van der Waals surface area (Å²) in [6, 6.07) is 7.56. The van der Waals surface area contributed by atoms with Crippen molar-refractivity contribution in [1.82, 2.24) is 19.4 Å². The van der Waals surface area contributed by atoms with Crippen LogP contribution in [0, 0.1) is 0 Å². The van der Waals surface area contributed by atoms with E-state index < -0.39 is 35.4 Å². The molecule has 1 atom stereocenters. The number of amides is 4. The summed E-state index contributed by atoms with van der Waals surface area (Å²) in [5.41, 5.74) is 3.54. The van der Waals surface area contributed by atoms with Crippen molar-refractivity contribution in [1.29, 1.82) is 0 Å².